The van der Waals surface area contributed by atoms with Crippen molar-refractivity contribution in [3.63, 3.8) is 0 Å². The summed E-state index contributed by atoms with van der Waals surface area (Å²) in [6, 6.07) is 0. The Kier molecular flexibility index (Phi) is 10.4. The van der Waals surface area contributed by atoms with E-state index < -0.39 is 0 Å². The molecule has 0 radical (unpaired) electrons. The van der Waals surface area contributed by atoms with Gasteiger partial charge in [-0.15, -0.1) is 0 Å². The molecule has 0 aromatic carbocycles. The molecular formula is C21H39N5O4. The summed E-state index contributed by atoms with van der Waals surface area (Å²) >= 11 is 0. The van der Waals surface area contributed by atoms with Crippen LogP contribution < -0.4 is 16.0 Å². The van der Waals surface area contributed by atoms with Crippen molar-refractivity contribution in [3.05, 3.63) is 0 Å². The van der Waals surface area contributed by atoms with E-state index in [1.54, 1.807) is 0 Å². The van der Waals surface area contributed by atoms with Gasteiger partial charge in [0.05, 0.1) is 19.6 Å². The van der Waals surface area contributed by atoms with Gasteiger partial charge < -0.3 is 20.7 Å². The molecule has 0 saturated carbocycles. The van der Waals surface area contributed by atoms with Crippen LogP contribution in [0, 0.1) is 10.8 Å². The Bertz CT molecular complexity index is 635. The quantitative estimate of drug-likeness (QED) is 0.383. The van der Waals surface area contributed by atoms with Crippen molar-refractivity contribution in [1.29, 1.82) is 0 Å². The number of rotatable bonds is 14. The minimum atomic E-state index is -0.229. The molecule has 9 nitrogen and oxygen atoms in total. The molecule has 3 amide bonds. The second-order valence-electron chi connectivity index (χ2n) is 9.16. The van der Waals surface area contributed by atoms with Crippen LogP contribution >= 0.6 is 0 Å². The summed E-state index contributed by atoms with van der Waals surface area (Å²) in [5.41, 5.74) is 0.398. The van der Waals surface area contributed by atoms with E-state index in [9.17, 15) is 14.4 Å². The number of amides is 3. The fourth-order valence-corrected chi connectivity index (χ4v) is 2.83. The van der Waals surface area contributed by atoms with Gasteiger partial charge >= 0.3 is 0 Å². The van der Waals surface area contributed by atoms with Gasteiger partial charge in [-0.1, -0.05) is 27.7 Å². The van der Waals surface area contributed by atoms with Gasteiger partial charge in [0.15, 0.2) is 0 Å². The van der Waals surface area contributed by atoms with Crippen LogP contribution in [0.15, 0.2) is 5.10 Å². The molecule has 0 aliphatic carbocycles. The number of ether oxygens (including phenoxy) is 1. The van der Waals surface area contributed by atoms with Gasteiger partial charge in [0.2, 0.25) is 17.7 Å². The summed E-state index contributed by atoms with van der Waals surface area (Å²) < 4.78 is 5.93. The summed E-state index contributed by atoms with van der Waals surface area (Å²) in [5, 5.41) is 14.3. The molecule has 0 saturated heterocycles. The molecule has 9 heteroatoms. The molecule has 1 atom stereocenters. The zero-order chi connectivity index (χ0) is 22.8. The zero-order valence-electron chi connectivity index (χ0n) is 19.4. The Morgan fingerprint density at radius 3 is 2.47 bits per heavy atom. The van der Waals surface area contributed by atoms with E-state index in [-0.39, 0.29) is 41.5 Å². The van der Waals surface area contributed by atoms with Crippen LogP contribution in [0.3, 0.4) is 0 Å². The molecule has 0 bridgehead atoms. The molecule has 0 spiro atoms. The van der Waals surface area contributed by atoms with Crippen molar-refractivity contribution in [2.75, 3.05) is 46.4 Å². The molecule has 0 aromatic heterocycles. The number of hydrogen-bond acceptors (Lipinski definition) is 6. The lowest BCUT2D eigenvalue weighted by molar-refractivity contribution is -0.134. The Balaban J connectivity index is 2.44. The molecule has 0 fully saturated rings. The molecule has 1 unspecified atom stereocenters. The number of hydrogen-bond donors (Lipinski definition) is 3. The van der Waals surface area contributed by atoms with E-state index in [1.807, 2.05) is 20.9 Å². The van der Waals surface area contributed by atoms with Crippen LogP contribution in [0.5, 0.6) is 0 Å². The first-order chi connectivity index (χ1) is 14.0. The second-order valence-corrected chi connectivity index (χ2v) is 9.16. The molecule has 1 aliphatic heterocycles. The fourth-order valence-electron chi connectivity index (χ4n) is 2.83. The van der Waals surface area contributed by atoms with Crippen LogP contribution in [0.1, 0.15) is 53.9 Å². The normalized spacial score (nSPS) is 16.3. The highest BCUT2D eigenvalue weighted by Gasteiger charge is 2.28. The van der Waals surface area contributed by atoms with Gasteiger partial charge in [0.1, 0.15) is 6.54 Å². The van der Waals surface area contributed by atoms with Gasteiger partial charge in [0.25, 0.3) is 0 Å². The van der Waals surface area contributed by atoms with Crippen molar-refractivity contribution in [2.24, 2.45) is 15.9 Å². The molecular weight excluding hydrogens is 386 g/mol. The maximum absolute atomic E-state index is 12.3. The Morgan fingerprint density at radius 1 is 1.17 bits per heavy atom. The van der Waals surface area contributed by atoms with E-state index >= 15 is 0 Å². The molecule has 1 rings (SSSR count). The number of hydrazone groups is 1. The Hall–Kier alpha value is -2.00. The zero-order valence-corrected chi connectivity index (χ0v) is 19.4. The minimum absolute atomic E-state index is 0.0563. The van der Waals surface area contributed by atoms with Gasteiger partial charge in [0, 0.05) is 49.5 Å². The first-order valence-electron chi connectivity index (χ1n) is 10.6. The highest BCUT2D eigenvalue weighted by atomic mass is 16.5. The molecule has 1 heterocycles. The summed E-state index contributed by atoms with van der Waals surface area (Å²) in [4.78, 5) is 35.5. The SMILES string of the molecule is CCC(C)(CNC(=O)CN1N=C(CCNC)CC1=O)COCC(C)(C)CNC(C)=O. The predicted molar refractivity (Wildman–Crippen MR) is 117 cm³/mol. The Morgan fingerprint density at radius 2 is 1.87 bits per heavy atom. The summed E-state index contributed by atoms with van der Waals surface area (Å²) in [7, 11) is 1.85. The van der Waals surface area contributed by atoms with E-state index in [2.05, 4.69) is 34.9 Å². The standard InChI is InChI=1S/C21H39N5O4/c1-7-21(5,15-30-14-20(3,4)12-23-16(2)27)13-24-18(28)11-26-19(29)10-17(25-26)8-9-22-6/h22H,7-15H2,1-6H3,(H,23,27)(H,24,28). The van der Waals surface area contributed by atoms with Gasteiger partial charge in [-0.3, -0.25) is 14.4 Å². The van der Waals surface area contributed by atoms with Crippen LogP contribution in [0.25, 0.3) is 0 Å². The fraction of sp³-hybridized carbons (Fsp3) is 0.810. The van der Waals surface area contributed by atoms with Crippen molar-refractivity contribution in [2.45, 2.75) is 53.9 Å². The Labute approximate surface area is 180 Å². The molecule has 3 N–H and O–H groups in total. The monoisotopic (exact) mass is 425 g/mol. The van der Waals surface area contributed by atoms with Crippen LogP contribution in [0.2, 0.25) is 0 Å². The summed E-state index contributed by atoms with van der Waals surface area (Å²) in [6.07, 6.45) is 1.81. The topological polar surface area (TPSA) is 112 Å². The van der Waals surface area contributed by atoms with Gasteiger partial charge in [-0.2, -0.15) is 5.10 Å². The molecule has 172 valence electrons. The highest BCUT2D eigenvalue weighted by molar-refractivity contribution is 6.05. The molecule has 30 heavy (non-hydrogen) atoms. The number of carbonyl (C=O) groups excluding carboxylic acids is 3. The third-order valence-electron chi connectivity index (χ3n) is 5.19. The van der Waals surface area contributed by atoms with E-state index in [0.29, 0.717) is 32.7 Å². The smallest absolute Gasteiger partial charge is 0.248 e. The van der Waals surface area contributed by atoms with E-state index in [0.717, 1.165) is 18.7 Å². The lowest BCUT2D eigenvalue weighted by Gasteiger charge is -2.31. The average Bonchev–Trinajstić information content (AvgIpc) is 3.02. The second kappa shape index (κ2) is 12.0. The van der Waals surface area contributed by atoms with Crippen molar-refractivity contribution < 1.29 is 19.1 Å². The minimum Gasteiger partial charge on any atom is -0.380 e. The van der Waals surface area contributed by atoms with Crippen LogP contribution in [-0.4, -0.2) is 74.9 Å². The number of nitrogens with one attached hydrogen (secondary N) is 3. The van der Waals surface area contributed by atoms with E-state index in [4.69, 9.17) is 4.74 Å². The lowest BCUT2D eigenvalue weighted by Crippen LogP contribution is -2.43. The summed E-state index contributed by atoms with van der Waals surface area (Å²) in [5.74, 6) is -0.425. The first-order valence-corrected chi connectivity index (χ1v) is 10.6. The molecule has 0 aromatic rings. The average molecular weight is 426 g/mol. The van der Waals surface area contributed by atoms with Gasteiger partial charge in [-0.05, 0) is 13.5 Å². The van der Waals surface area contributed by atoms with Crippen molar-refractivity contribution in [1.82, 2.24) is 21.0 Å². The number of carbonyl (C=O) groups is 3. The van der Waals surface area contributed by atoms with Crippen molar-refractivity contribution in [3.8, 4) is 0 Å². The highest BCUT2D eigenvalue weighted by Crippen LogP contribution is 2.23. The van der Waals surface area contributed by atoms with Crippen molar-refractivity contribution >= 4 is 23.4 Å². The lowest BCUT2D eigenvalue weighted by atomic mass is 9.88. The molecule has 1 aliphatic rings. The van der Waals surface area contributed by atoms with Crippen LogP contribution in [0.4, 0.5) is 0 Å². The first kappa shape index (κ1) is 26.0. The maximum atomic E-state index is 12.3. The van der Waals surface area contributed by atoms with Crippen LogP contribution in [-0.2, 0) is 19.1 Å². The number of nitrogens with zero attached hydrogens (tertiary/aromatic N) is 2. The maximum Gasteiger partial charge on any atom is 0.248 e. The third-order valence-corrected chi connectivity index (χ3v) is 5.19. The largest absolute Gasteiger partial charge is 0.380 e. The van der Waals surface area contributed by atoms with E-state index in [1.165, 1.54) is 11.9 Å². The predicted octanol–water partition coefficient (Wildman–Crippen LogP) is 0.896. The summed E-state index contributed by atoms with van der Waals surface area (Å²) in [6.45, 7) is 12.4. The third kappa shape index (κ3) is 9.67. The van der Waals surface area contributed by atoms with Gasteiger partial charge in [-0.25, -0.2) is 5.01 Å².